The molecule has 1 aromatic rings. The molecule has 0 fully saturated rings. The molecule has 0 nitrogen and oxygen atoms in total. The number of hydrogen-bond acceptors (Lipinski definition) is 0. The van der Waals surface area contributed by atoms with Gasteiger partial charge < -0.3 is 0 Å². The summed E-state index contributed by atoms with van der Waals surface area (Å²) in [6, 6.07) is 10.7. The van der Waals surface area contributed by atoms with Crippen LogP contribution in [0.3, 0.4) is 0 Å². The molecular weight excluding hydrogens is 144 g/mol. The van der Waals surface area contributed by atoms with Crippen molar-refractivity contribution in [1.82, 2.24) is 0 Å². The molecule has 0 heterocycles. The second kappa shape index (κ2) is 4.97. The summed E-state index contributed by atoms with van der Waals surface area (Å²) in [7, 11) is 0. The highest BCUT2D eigenvalue weighted by molar-refractivity contribution is 5.21. The number of hydrogen-bond donors (Lipinski definition) is 0. The van der Waals surface area contributed by atoms with Crippen molar-refractivity contribution < 1.29 is 0 Å². The zero-order chi connectivity index (χ0) is 8.81. The normalized spacial score (nSPS) is 12.8. The highest BCUT2D eigenvalue weighted by atomic mass is 14.1. The summed E-state index contributed by atoms with van der Waals surface area (Å²) in [6.07, 6.45) is 4.75. The minimum atomic E-state index is 0.649. The second-order valence-corrected chi connectivity index (χ2v) is 3.07. The van der Waals surface area contributed by atoms with E-state index in [0.29, 0.717) is 5.92 Å². The van der Waals surface area contributed by atoms with Crippen molar-refractivity contribution in [2.24, 2.45) is 0 Å². The van der Waals surface area contributed by atoms with Crippen LogP contribution in [0.25, 0.3) is 0 Å². The molecule has 0 aliphatic rings. The molecule has 1 atom stereocenters. The Labute approximate surface area is 75.6 Å². The lowest BCUT2D eigenvalue weighted by atomic mass is 9.92. The quantitative estimate of drug-likeness (QED) is 0.630. The minimum Gasteiger partial charge on any atom is -0.0651 e. The van der Waals surface area contributed by atoms with Gasteiger partial charge in [0, 0.05) is 0 Å². The van der Waals surface area contributed by atoms with Crippen LogP contribution in [0.1, 0.15) is 38.2 Å². The molecular formula is C12H17. The first kappa shape index (κ1) is 9.31. The van der Waals surface area contributed by atoms with Crippen LogP contribution in [-0.2, 0) is 0 Å². The zero-order valence-corrected chi connectivity index (χ0v) is 7.96. The topological polar surface area (TPSA) is 0 Å². The van der Waals surface area contributed by atoms with E-state index in [1.54, 1.807) is 0 Å². The highest BCUT2D eigenvalue weighted by Crippen LogP contribution is 2.22. The van der Waals surface area contributed by atoms with Gasteiger partial charge in [-0.25, -0.2) is 0 Å². The van der Waals surface area contributed by atoms with Crippen LogP contribution in [0.2, 0.25) is 0 Å². The Balaban J connectivity index is 2.66. The third-order valence-corrected chi connectivity index (χ3v) is 2.19. The van der Waals surface area contributed by atoms with Crippen molar-refractivity contribution >= 4 is 0 Å². The predicted molar refractivity (Wildman–Crippen MR) is 54.1 cm³/mol. The molecule has 0 N–H and O–H groups in total. The van der Waals surface area contributed by atoms with Crippen LogP contribution in [0, 0.1) is 6.42 Å². The van der Waals surface area contributed by atoms with Crippen LogP contribution < -0.4 is 0 Å². The molecule has 1 unspecified atom stereocenters. The smallest absolute Gasteiger partial charge is 0.0133 e. The molecule has 0 bridgehead atoms. The van der Waals surface area contributed by atoms with Gasteiger partial charge in [0.2, 0.25) is 0 Å². The van der Waals surface area contributed by atoms with Crippen molar-refractivity contribution in [2.45, 2.75) is 32.6 Å². The summed E-state index contributed by atoms with van der Waals surface area (Å²) in [5.74, 6) is 0.649. The minimum absolute atomic E-state index is 0.649. The van der Waals surface area contributed by atoms with E-state index < -0.39 is 0 Å². The van der Waals surface area contributed by atoms with E-state index in [-0.39, 0.29) is 0 Å². The van der Waals surface area contributed by atoms with Crippen molar-refractivity contribution in [2.75, 3.05) is 0 Å². The standard InChI is InChI=1S/C12H17/c1-3-8-11(4-2)12-9-6-5-7-10-12/h5-11H,3-4H2,1-2H3. The molecule has 1 radical (unpaired) electrons. The Kier molecular flexibility index (Phi) is 3.86. The molecule has 0 spiro atoms. The van der Waals surface area contributed by atoms with Crippen LogP contribution in [-0.4, -0.2) is 0 Å². The number of rotatable bonds is 4. The molecule has 0 saturated heterocycles. The van der Waals surface area contributed by atoms with E-state index in [4.69, 9.17) is 0 Å². The number of benzene rings is 1. The van der Waals surface area contributed by atoms with Crippen LogP contribution in [0.5, 0.6) is 0 Å². The first-order valence-electron chi connectivity index (χ1n) is 4.76. The summed E-state index contributed by atoms with van der Waals surface area (Å²) in [4.78, 5) is 0. The lowest BCUT2D eigenvalue weighted by Gasteiger charge is -2.12. The monoisotopic (exact) mass is 161 g/mol. The summed E-state index contributed by atoms with van der Waals surface area (Å²) >= 11 is 0. The maximum atomic E-state index is 2.38. The summed E-state index contributed by atoms with van der Waals surface area (Å²) < 4.78 is 0. The van der Waals surface area contributed by atoms with Gasteiger partial charge in [-0.2, -0.15) is 0 Å². The molecule has 0 amide bonds. The highest BCUT2D eigenvalue weighted by Gasteiger charge is 2.06. The van der Waals surface area contributed by atoms with Crippen molar-refractivity contribution in [1.29, 1.82) is 0 Å². The maximum absolute atomic E-state index is 2.38. The maximum Gasteiger partial charge on any atom is -0.0133 e. The third kappa shape index (κ3) is 2.37. The Bertz CT molecular complexity index is 201. The average molecular weight is 161 g/mol. The molecule has 65 valence electrons. The van der Waals surface area contributed by atoms with Crippen molar-refractivity contribution in [3.05, 3.63) is 42.3 Å². The lowest BCUT2D eigenvalue weighted by molar-refractivity contribution is 0.723. The van der Waals surface area contributed by atoms with Crippen molar-refractivity contribution in [3.8, 4) is 0 Å². The second-order valence-electron chi connectivity index (χ2n) is 3.07. The molecule has 0 aliphatic heterocycles. The molecule has 1 rings (SSSR count). The molecule has 0 aliphatic carbocycles. The largest absolute Gasteiger partial charge is 0.0651 e. The van der Waals surface area contributed by atoms with Gasteiger partial charge in [0.05, 0.1) is 0 Å². The Morgan fingerprint density at radius 3 is 2.33 bits per heavy atom. The fraction of sp³-hybridized carbons (Fsp3) is 0.417. The van der Waals surface area contributed by atoms with E-state index >= 15 is 0 Å². The van der Waals surface area contributed by atoms with Crippen LogP contribution >= 0.6 is 0 Å². The van der Waals surface area contributed by atoms with Gasteiger partial charge in [-0.1, -0.05) is 50.6 Å². The van der Waals surface area contributed by atoms with E-state index in [1.807, 2.05) is 0 Å². The average Bonchev–Trinajstić information content (AvgIpc) is 2.15. The third-order valence-electron chi connectivity index (χ3n) is 2.19. The van der Waals surface area contributed by atoms with Gasteiger partial charge in [0.25, 0.3) is 0 Å². The van der Waals surface area contributed by atoms with Crippen LogP contribution in [0.15, 0.2) is 30.3 Å². The molecule has 0 heteroatoms. The Morgan fingerprint density at radius 1 is 1.17 bits per heavy atom. The van der Waals surface area contributed by atoms with Crippen LogP contribution in [0.4, 0.5) is 0 Å². The van der Waals surface area contributed by atoms with E-state index in [1.165, 1.54) is 12.0 Å². The molecule has 0 saturated carbocycles. The fourth-order valence-electron chi connectivity index (χ4n) is 1.52. The van der Waals surface area contributed by atoms with E-state index in [9.17, 15) is 0 Å². The first-order valence-corrected chi connectivity index (χ1v) is 4.76. The van der Waals surface area contributed by atoms with E-state index in [0.717, 1.165) is 6.42 Å². The molecule has 0 aromatic heterocycles. The molecule has 12 heavy (non-hydrogen) atoms. The fourth-order valence-corrected chi connectivity index (χ4v) is 1.52. The SMILES string of the molecule is CC[CH]C(CC)c1ccccc1. The molecule has 1 aromatic carbocycles. The van der Waals surface area contributed by atoms with Crippen molar-refractivity contribution in [3.63, 3.8) is 0 Å². The lowest BCUT2D eigenvalue weighted by Crippen LogP contribution is -1.96. The van der Waals surface area contributed by atoms with Gasteiger partial charge in [0.15, 0.2) is 0 Å². The Hall–Kier alpha value is -0.780. The van der Waals surface area contributed by atoms with Gasteiger partial charge in [0.1, 0.15) is 0 Å². The summed E-state index contributed by atoms with van der Waals surface area (Å²) in [5.41, 5.74) is 1.45. The first-order chi connectivity index (χ1) is 5.88. The van der Waals surface area contributed by atoms with Gasteiger partial charge >= 0.3 is 0 Å². The summed E-state index contributed by atoms with van der Waals surface area (Å²) in [6.45, 7) is 4.44. The zero-order valence-electron chi connectivity index (χ0n) is 7.96. The predicted octanol–water partition coefficient (Wildman–Crippen LogP) is 3.79. The van der Waals surface area contributed by atoms with Gasteiger partial charge in [-0.05, 0) is 24.3 Å². The summed E-state index contributed by atoms with van der Waals surface area (Å²) in [5, 5.41) is 0. The Morgan fingerprint density at radius 2 is 1.83 bits per heavy atom. The van der Waals surface area contributed by atoms with E-state index in [2.05, 4.69) is 50.6 Å². The van der Waals surface area contributed by atoms with Gasteiger partial charge in [-0.15, -0.1) is 0 Å². The van der Waals surface area contributed by atoms with Gasteiger partial charge in [-0.3, -0.25) is 0 Å².